The lowest BCUT2D eigenvalue weighted by Gasteiger charge is -2.11. The Kier molecular flexibility index (Phi) is 6.75. The number of hydrogen-bond donors (Lipinski definition) is 3. The van der Waals surface area contributed by atoms with Gasteiger partial charge >= 0.3 is 0 Å². The van der Waals surface area contributed by atoms with Gasteiger partial charge in [-0.2, -0.15) is 4.98 Å². The van der Waals surface area contributed by atoms with Gasteiger partial charge in [0.2, 0.25) is 5.95 Å². The molecule has 0 bridgehead atoms. The Labute approximate surface area is 113 Å². The fourth-order valence-corrected chi connectivity index (χ4v) is 1.53. The number of hydrogen-bond acceptors (Lipinski definition) is 5. The summed E-state index contributed by atoms with van der Waals surface area (Å²) < 4.78 is 0. The molecule has 0 aliphatic heterocycles. The van der Waals surface area contributed by atoms with Crippen molar-refractivity contribution in [2.45, 2.75) is 39.2 Å². The van der Waals surface area contributed by atoms with Crippen LogP contribution in [0.25, 0.3) is 0 Å². The number of rotatable bonds is 8. The Hall–Kier alpha value is -1.07. The fraction of sp³-hybridized carbons (Fsp3) is 0.667. The zero-order valence-electron chi connectivity index (χ0n) is 10.9. The molecule has 0 spiro atoms. The van der Waals surface area contributed by atoms with Crippen molar-refractivity contribution in [2.75, 3.05) is 23.7 Å². The van der Waals surface area contributed by atoms with Crippen LogP contribution in [-0.2, 0) is 0 Å². The standard InChI is InChI=1S/C12H21ClN4O/c1-3-6-15-12-16-8-10(13)11(17-12)14-7-5-9(18)4-2/h8-9,18H,3-7H2,1-2H3,(H2,14,15,16,17). The van der Waals surface area contributed by atoms with Crippen LogP contribution in [0.4, 0.5) is 11.8 Å². The first-order valence-corrected chi connectivity index (χ1v) is 6.73. The summed E-state index contributed by atoms with van der Waals surface area (Å²) in [5.41, 5.74) is 0. The van der Waals surface area contributed by atoms with Crippen molar-refractivity contribution < 1.29 is 5.11 Å². The van der Waals surface area contributed by atoms with Crippen LogP contribution >= 0.6 is 11.6 Å². The van der Waals surface area contributed by atoms with Crippen LogP contribution in [0.3, 0.4) is 0 Å². The first kappa shape index (κ1) is 15.0. The molecule has 1 aromatic heterocycles. The predicted octanol–water partition coefficient (Wildman–Crippen LogP) is 2.52. The van der Waals surface area contributed by atoms with Crippen molar-refractivity contribution in [3.63, 3.8) is 0 Å². The highest BCUT2D eigenvalue weighted by Gasteiger charge is 2.06. The number of aromatic nitrogens is 2. The Morgan fingerprint density at radius 2 is 2.11 bits per heavy atom. The molecule has 0 aliphatic rings. The first-order chi connectivity index (χ1) is 8.67. The Balaban J connectivity index is 2.52. The SMILES string of the molecule is CCCNc1ncc(Cl)c(NCCC(O)CC)n1. The van der Waals surface area contributed by atoms with Crippen molar-refractivity contribution in [3.05, 3.63) is 11.2 Å². The summed E-state index contributed by atoms with van der Waals surface area (Å²) in [4.78, 5) is 8.38. The predicted molar refractivity (Wildman–Crippen MR) is 75.2 cm³/mol. The monoisotopic (exact) mass is 272 g/mol. The van der Waals surface area contributed by atoms with E-state index in [0.717, 1.165) is 19.4 Å². The van der Waals surface area contributed by atoms with Gasteiger partial charge in [0.15, 0.2) is 0 Å². The molecule has 0 fully saturated rings. The molecule has 0 aromatic carbocycles. The van der Waals surface area contributed by atoms with Gasteiger partial charge < -0.3 is 15.7 Å². The van der Waals surface area contributed by atoms with Gasteiger partial charge in [0, 0.05) is 13.1 Å². The maximum absolute atomic E-state index is 9.46. The molecule has 0 amide bonds. The van der Waals surface area contributed by atoms with Crippen molar-refractivity contribution in [2.24, 2.45) is 0 Å². The molecule has 1 unspecified atom stereocenters. The van der Waals surface area contributed by atoms with Gasteiger partial charge in [-0.05, 0) is 19.3 Å². The number of aliphatic hydroxyl groups excluding tert-OH is 1. The Morgan fingerprint density at radius 3 is 2.78 bits per heavy atom. The highest BCUT2D eigenvalue weighted by atomic mass is 35.5. The summed E-state index contributed by atoms with van der Waals surface area (Å²) in [6, 6.07) is 0. The third-order valence-electron chi connectivity index (χ3n) is 2.52. The van der Waals surface area contributed by atoms with E-state index in [1.165, 1.54) is 0 Å². The molecule has 0 saturated carbocycles. The zero-order valence-corrected chi connectivity index (χ0v) is 11.7. The van der Waals surface area contributed by atoms with E-state index >= 15 is 0 Å². The minimum absolute atomic E-state index is 0.282. The number of nitrogens with one attached hydrogen (secondary N) is 2. The number of anilines is 2. The first-order valence-electron chi connectivity index (χ1n) is 6.35. The van der Waals surface area contributed by atoms with Crippen molar-refractivity contribution in [3.8, 4) is 0 Å². The second kappa shape index (κ2) is 8.11. The molecule has 0 radical (unpaired) electrons. The van der Waals surface area contributed by atoms with E-state index < -0.39 is 0 Å². The molecule has 1 heterocycles. The molecule has 102 valence electrons. The van der Waals surface area contributed by atoms with E-state index in [2.05, 4.69) is 27.5 Å². The molecule has 0 saturated heterocycles. The normalized spacial score (nSPS) is 12.2. The lowest BCUT2D eigenvalue weighted by atomic mass is 10.2. The van der Waals surface area contributed by atoms with Crippen molar-refractivity contribution in [1.82, 2.24) is 9.97 Å². The molecule has 1 atom stereocenters. The number of halogens is 1. The maximum atomic E-state index is 9.46. The lowest BCUT2D eigenvalue weighted by molar-refractivity contribution is 0.164. The van der Waals surface area contributed by atoms with Crippen molar-refractivity contribution in [1.29, 1.82) is 0 Å². The van der Waals surface area contributed by atoms with Gasteiger partial charge in [-0.25, -0.2) is 4.98 Å². The quantitative estimate of drug-likeness (QED) is 0.678. The highest BCUT2D eigenvalue weighted by molar-refractivity contribution is 6.32. The van der Waals surface area contributed by atoms with Crippen LogP contribution in [0.1, 0.15) is 33.1 Å². The summed E-state index contributed by atoms with van der Waals surface area (Å²) >= 11 is 6.00. The molecule has 18 heavy (non-hydrogen) atoms. The van der Waals surface area contributed by atoms with E-state index in [0.29, 0.717) is 29.8 Å². The third kappa shape index (κ3) is 5.06. The Bertz CT molecular complexity index is 362. The molecule has 5 nitrogen and oxygen atoms in total. The van der Waals surface area contributed by atoms with Gasteiger partial charge in [-0.1, -0.05) is 25.4 Å². The van der Waals surface area contributed by atoms with Gasteiger partial charge in [-0.15, -0.1) is 0 Å². The van der Waals surface area contributed by atoms with Crippen LogP contribution in [0.15, 0.2) is 6.20 Å². The fourth-order valence-electron chi connectivity index (χ4n) is 1.37. The van der Waals surface area contributed by atoms with Crippen LogP contribution in [0.2, 0.25) is 5.02 Å². The van der Waals surface area contributed by atoms with E-state index in [1.807, 2.05) is 6.92 Å². The minimum Gasteiger partial charge on any atom is -0.393 e. The van der Waals surface area contributed by atoms with Gasteiger partial charge in [0.1, 0.15) is 10.8 Å². The minimum atomic E-state index is -0.282. The summed E-state index contributed by atoms with van der Waals surface area (Å²) in [5.74, 6) is 1.17. The second-order valence-corrected chi connectivity index (χ2v) is 4.50. The topological polar surface area (TPSA) is 70.1 Å². The molecule has 1 aromatic rings. The largest absolute Gasteiger partial charge is 0.393 e. The van der Waals surface area contributed by atoms with E-state index in [-0.39, 0.29) is 6.10 Å². The second-order valence-electron chi connectivity index (χ2n) is 4.09. The number of aliphatic hydroxyl groups is 1. The van der Waals surface area contributed by atoms with E-state index in [1.54, 1.807) is 6.20 Å². The maximum Gasteiger partial charge on any atom is 0.224 e. The molecule has 1 rings (SSSR count). The summed E-state index contributed by atoms with van der Waals surface area (Å²) in [6.07, 6.45) is 3.73. The number of nitrogens with zero attached hydrogens (tertiary/aromatic N) is 2. The summed E-state index contributed by atoms with van der Waals surface area (Å²) in [6.45, 7) is 5.50. The van der Waals surface area contributed by atoms with E-state index in [4.69, 9.17) is 11.6 Å². The van der Waals surface area contributed by atoms with E-state index in [9.17, 15) is 5.11 Å². The average molecular weight is 273 g/mol. The molecule has 0 aliphatic carbocycles. The van der Waals surface area contributed by atoms with Gasteiger partial charge in [0.25, 0.3) is 0 Å². The van der Waals surface area contributed by atoms with Crippen molar-refractivity contribution >= 4 is 23.4 Å². The highest BCUT2D eigenvalue weighted by Crippen LogP contribution is 2.19. The molecule has 3 N–H and O–H groups in total. The van der Waals surface area contributed by atoms with Crippen LogP contribution in [0, 0.1) is 0 Å². The van der Waals surface area contributed by atoms with Crippen LogP contribution < -0.4 is 10.6 Å². The summed E-state index contributed by atoms with van der Waals surface area (Å²) in [5, 5.41) is 16.2. The third-order valence-corrected chi connectivity index (χ3v) is 2.80. The molecular formula is C12H21ClN4O. The zero-order chi connectivity index (χ0) is 13.4. The smallest absolute Gasteiger partial charge is 0.224 e. The summed E-state index contributed by atoms with van der Waals surface area (Å²) in [7, 11) is 0. The molecular weight excluding hydrogens is 252 g/mol. The Morgan fingerprint density at radius 1 is 1.33 bits per heavy atom. The molecule has 6 heteroatoms. The average Bonchev–Trinajstić information content (AvgIpc) is 2.39. The van der Waals surface area contributed by atoms with Crippen LogP contribution in [-0.4, -0.2) is 34.3 Å². The van der Waals surface area contributed by atoms with Gasteiger partial charge in [0.05, 0.1) is 12.3 Å². The lowest BCUT2D eigenvalue weighted by Crippen LogP contribution is -2.14. The van der Waals surface area contributed by atoms with Gasteiger partial charge in [-0.3, -0.25) is 0 Å². The van der Waals surface area contributed by atoms with Crippen LogP contribution in [0.5, 0.6) is 0 Å².